The molecule has 0 saturated carbocycles. The van der Waals surface area contributed by atoms with E-state index in [9.17, 15) is 4.79 Å². The van der Waals surface area contributed by atoms with Crippen molar-refractivity contribution in [2.75, 3.05) is 5.32 Å². The van der Waals surface area contributed by atoms with Gasteiger partial charge in [-0.25, -0.2) is 4.98 Å². The molecule has 1 amide bonds. The molecule has 0 unspecified atom stereocenters. The zero-order chi connectivity index (χ0) is 19.6. The number of aryl methyl sites for hydroxylation is 2. The minimum absolute atomic E-state index is 0.265. The van der Waals surface area contributed by atoms with Gasteiger partial charge in [-0.15, -0.1) is 11.3 Å². The zero-order valence-corrected chi connectivity index (χ0v) is 17.2. The number of carbonyl (C=O) groups is 1. The van der Waals surface area contributed by atoms with E-state index >= 15 is 0 Å². The summed E-state index contributed by atoms with van der Waals surface area (Å²) in [7, 11) is 0. The van der Waals surface area contributed by atoms with Crippen LogP contribution in [0.1, 0.15) is 25.0 Å². The van der Waals surface area contributed by atoms with Crippen LogP contribution in [0.25, 0.3) is 11.3 Å². The van der Waals surface area contributed by atoms with Crippen molar-refractivity contribution in [3.63, 3.8) is 0 Å². The monoisotopic (exact) mass is 400 g/mol. The van der Waals surface area contributed by atoms with Gasteiger partial charge in [0.2, 0.25) is 0 Å². The van der Waals surface area contributed by atoms with Crippen LogP contribution in [0.5, 0.6) is 5.75 Å². The summed E-state index contributed by atoms with van der Waals surface area (Å²) in [5.41, 5.74) is 3.27. The molecule has 3 rings (SSSR count). The smallest absolute Gasteiger partial charge is 0.269 e. The van der Waals surface area contributed by atoms with E-state index < -0.39 is 5.60 Å². The lowest BCUT2D eigenvalue weighted by Gasteiger charge is -2.24. The SMILES string of the molecule is Cc1ccc(-c2csc(NC(=O)C(C)(C)Oc3ccc(Cl)cc3)n2)cc1C. The maximum absolute atomic E-state index is 12.7. The zero-order valence-electron chi connectivity index (χ0n) is 15.7. The van der Waals surface area contributed by atoms with Gasteiger partial charge in [-0.3, -0.25) is 10.1 Å². The number of amides is 1. The molecule has 0 bridgehead atoms. The Morgan fingerprint density at radius 3 is 2.48 bits per heavy atom. The number of hydrogen-bond donors (Lipinski definition) is 1. The van der Waals surface area contributed by atoms with Crippen LogP contribution in [-0.2, 0) is 4.79 Å². The molecule has 1 N–H and O–H groups in total. The predicted octanol–water partition coefficient (Wildman–Crippen LogP) is 5.88. The third-order valence-electron chi connectivity index (χ3n) is 4.26. The normalized spacial score (nSPS) is 11.3. The number of anilines is 1. The minimum Gasteiger partial charge on any atom is -0.478 e. The second kappa shape index (κ2) is 7.71. The van der Waals surface area contributed by atoms with Gasteiger partial charge >= 0.3 is 0 Å². The quantitative estimate of drug-likeness (QED) is 0.582. The van der Waals surface area contributed by atoms with E-state index in [1.165, 1.54) is 22.5 Å². The van der Waals surface area contributed by atoms with Gasteiger partial charge < -0.3 is 4.74 Å². The maximum atomic E-state index is 12.7. The van der Waals surface area contributed by atoms with E-state index in [2.05, 4.69) is 36.3 Å². The van der Waals surface area contributed by atoms with Gasteiger partial charge in [0.25, 0.3) is 5.91 Å². The Bertz CT molecular complexity index is 965. The summed E-state index contributed by atoms with van der Waals surface area (Å²) in [6.07, 6.45) is 0. The minimum atomic E-state index is -1.06. The number of halogens is 1. The molecule has 4 nitrogen and oxygen atoms in total. The van der Waals surface area contributed by atoms with Crippen LogP contribution in [0.4, 0.5) is 5.13 Å². The van der Waals surface area contributed by atoms with Gasteiger partial charge in [-0.1, -0.05) is 23.7 Å². The highest BCUT2D eigenvalue weighted by Crippen LogP contribution is 2.28. The number of aromatic nitrogens is 1. The Morgan fingerprint density at radius 2 is 1.81 bits per heavy atom. The van der Waals surface area contributed by atoms with E-state index in [0.29, 0.717) is 15.9 Å². The Morgan fingerprint density at radius 1 is 1.11 bits per heavy atom. The first-order valence-corrected chi connectivity index (χ1v) is 9.79. The van der Waals surface area contributed by atoms with Crippen molar-refractivity contribution < 1.29 is 9.53 Å². The number of carbonyl (C=O) groups excluding carboxylic acids is 1. The molecule has 0 aliphatic heterocycles. The van der Waals surface area contributed by atoms with Crippen LogP contribution in [-0.4, -0.2) is 16.5 Å². The van der Waals surface area contributed by atoms with Gasteiger partial charge in [0.1, 0.15) is 5.75 Å². The standard InChI is InChI=1S/C21H21ClN2O2S/c1-13-5-6-15(11-14(13)2)18-12-27-20(23-18)24-19(25)21(3,4)26-17-9-7-16(22)8-10-17/h5-12H,1-4H3,(H,23,24,25). The van der Waals surface area contributed by atoms with Crippen molar-refractivity contribution in [1.82, 2.24) is 4.98 Å². The van der Waals surface area contributed by atoms with E-state index in [4.69, 9.17) is 16.3 Å². The number of hydrogen-bond acceptors (Lipinski definition) is 4. The first-order valence-electron chi connectivity index (χ1n) is 8.54. The molecule has 0 spiro atoms. The molecule has 6 heteroatoms. The molecule has 1 aromatic heterocycles. The molecule has 3 aromatic rings. The van der Waals surface area contributed by atoms with Crippen LogP contribution in [0, 0.1) is 13.8 Å². The van der Waals surface area contributed by atoms with Crippen LogP contribution in [0.2, 0.25) is 5.02 Å². The maximum Gasteiger partial charge on any atom is 0.269 e. The number of nitrogens with one attached hydrogen (secondary N) is 1. The third-order valence-corrected chi connectivity index (χ3v) is 5.27. The number of nitrogens with zero attached hydrogens (tertiary/aromatic N) is 1. The Labute approximate surface area is 168 Å². The average Bonchev–Trinajstić information content (AvgIpc) is 3.07. The van der Waals surface area contributed by atoms with Gasteiger partial charge in [0, 0.05) is 16.0 Å². The van der Waals surface area contributed by atoms with Crippen LogP contribution < -0.4 is 10.1 Å². The summed E-state index contributed by atoms with van der Waals surface area (Å²) in [6, 6.07) is 13.1. The van der Waals surface area contributed by atoms with Gasteiger partial charge in [0.05, 0.1) is 5.69 Å². The molecule has 140 valence electrons. The number of ether oxygens (including phenoxy) is 1. The highest BCUT2D eigenvalue weighted by atomic mass is 35.5. The van der Waals surface area contributed by atoms with Crippen LogP contribution in [0.3, 0.4) is 0 Å². The molecular weight excluding hydrogens is 380 g/mol. The fraction of sp³-hybridized carbons (Fsp3) is 0.238. The van der Waals surface area contributed by atoms with E-state index in [-0.39, 0.29) is 5.91 Å². The first kappa shape index (κ1) is 19.4. The average molecular weight is 401 g/mol. The van der Waals surface area contributed by atoms with Gasteiger partial charge in [0.15, 0.2) is 10.7 Å². The van der Waals surface area contributed by atoms with E-state index in [0.717, 1.165) is 11.3 Å². The lowest BCUT2D eigenvalue weighted by atomic mass is 10.1. The number of rotatable bonds is 5. The van der Waals surface area contributed by atoms with Gasteiger partial charge in [-0.2, -0.15) is 0 Å². The van der Waals surface area contributed by atoms with Crippen LogP contribution >= 0.6 is 22.9 Å². The summed E-state index contributed by atoms with van der Waals surface area (Å²) >= 11 is 7.27. The fourth-order valence-electron chi connectivity index (χ4n) is 2.46. The summed E-state index contributed by atoms with van der Waals surface area (Å²) in [4.78, 5) is 17.2. The first-order chi connectivity index (χ1) is 12.7. The van der Waals surface area contributed by atoms with Crippen molar-refractivity contribution in [3.05, 3.63) is 64.0 Å². The number of thiazole rings is 1. The lowest BCUT2D eigenvalue weighted by molar-refractivity contribution is -0.128. The predicted molar refractivity (Wildman–Crippen MR) is 112 cm³/mol. The van der Waals surface area contributed by atoms with E-state index in [1.807, 2.05) is 11.4 Å². The molecule has 0 aliphatic carbocycles. The molecule has 1 heterocycles. The molecule has 0 aliphatic rings. The van der Waals surface area contributed by atoms with Crippen molar-refractivity contribution in [2.24, 2.45) is 0 Å². The topological polar surface area (TPSA) is 51.2 Å². The largest absolute Gasteiger partial charge is 0.478 e. The third kappa shape index (κ3) is 4.67. The molecular formula is C21H21ClN2O2S. The molecule has 27 heavy (non-hydrogen) atoms. The number of benzene rings is 2. The second-order valence-corrected chi connectivity index (χ2v) is 8.15. The summed E-state index contributed by atoms with van der Waals surface area (Å²) in [5, 5.41) is 5.94. The molecule has 0 atom stereocenters. The van der Waals surface area contributed by atoms with Gasteiger partial charge in [-0.05, 0) is 69.2 Å². The highest BCUT2D eigenvalue weighted by molar-refractivity contribution is 7.14. The lowest BCUT2D eigenvalue weighted by Crippen LogP contribution is -2.42. The molecule has 0 fully saturated rings. The Kier molecular flexibility index (Phi) is 5.53. The van der Waals surface area contributed by atoms with E-state index in [1.54, 1.807) is 38.1 Å². The second-order valence-electron chi connectivity index (χ2n) is 6.86. The summed E-state index contributed by atoms with van der Waals surface area (Å²) in [6.45, 7) is 7.59. The molecule has 0 radical (unpaired) electrons. The van der Waals surface area contributed by atoms with Crippen LogP contribution in [0.15, 0.2) is 47.8 Å². The van der Waals surface area contributed by atoms with Crippen molar-refractivity contribution in [1.29, 1.82) is 0 Å². The summed E-state index contributed by atoms with van der Waals surface area (Å²) < 4.78 is 5.82. The van der Waals surface area contributed by atoms with Crippen molar-refractivity contribution >= 4 is 34.0 Å². The molecule has 0 saturated heterocycles. The van der Waals surface area contributed by atoms with Crippen molar-refractivity contribution in [3.8, 4) is 17.0 Å². The Hall–Kier alpha value is -2.37. The molecule has 2 aromatic carbocycles. The van der Waals surface area contributed by atoms with Crippen molar-refractivity contribution in [2.45, 2.75) is 33.3 Å². The fourth-order valence-corrected chi connectivity index (χ4v) is 3.30. The summed E-state index contributed by atoms with van der Waals surface area (Å²) in [5.74, 6) is 0.313. The Balaban J connectivity index is 1.71. The highest BCUT2D eigenvalue weighted by Gasteiger charge is 2.30.